The molecule has 0 saturated carbocycles. The Bertz CT molecular complexity index is 705. The molecule has 4 nitrogen and oxygen atoms in total. The van der Waals surface area contributed by atoms with Gasteiger partial charge in [0.15, 0.2) is 0 Å². The third kappa shape index (κ3) is 4.11. The van der Waals surface area contributed by atoms with Crippen molar-refractivity contribution >= 4 is 39.8 Å². The van der Waals surface area contributed by atoms with Gasteiger partial charge in [-0.15, -0.1) is 0 Å². The van der Waals surface area contributed by atoms with Gasteiger partial charge in [-0.3, -0.25) is 14.8 Å². The van der Waals surface area contributed by atoms with Gasteiger partial charge >= 0.3 is 6.03 Å². The van der Waals surface area contributed by atoms with E-state index in [-0.39, 0.29) is 0 Å². The predicted molar refractivity (Wildman–Crippen MR) is 91.9 cm³/mol. The molecule has 0 atom stereocenters. The van der Waals surface area contributed by atoms with Crippen LogP contribution in [0.3, 0.4) is 0 Å². The van der Waals surface area contributed by atoms with Gasteiger partial charge in [-0.1, -0.05) is 24.3 Å². The summed E-state index contributed by atoms with van der Waals surface area (Å²) in [5.74, 6) is -0.433. The number of amides is 3. The monoisotopic (exact) mass is 378 g/mol. The molecule has 0 aromatic heterocycles. The van der Waals surface area contributed by atoms with Gasteiger partial charge in [-0.05, 0) is 71.1 Å². The Labute approximate surface area is 141 Å². The molecule has 0 radical (unpaired) electrons. The van der Waals surface area contributed by atoms with E-state index in [1.807, 2.05) is 32.0 Å². The average Bonchev–Trinajstić information content (AvgIpc) is 2.53. The molecule has 0 aliphatic rings. The molecule has 6 heteroatoms. The number of carbonyl (C=O) groups is 2. The molecule has 2 rings (SSSR count). The lowest BCUT2D eigenvalue weighted by Crippen LogP contribution is -2.36. The van der Waals surface area contributed by atoms with Gasteiger partial charge in [-0.2, -0.15) is 0 Å². The first kappa shape index (κ1) is 16.6. The Hall–Kier alpha value is -1.79. The van der Waals surface area contributed by atoms with Crippen LogP contribution in [0.15, 0.2) is 51.8 Å². The van der Waals surface area contributed by atoms with Crippen molar-refractivity contribution < 1.29 is 9.59 Å². The number of urea groups is 1. The summed E-state index contributed by atoms with van der Waals surface area (Å²) in [5, 5.41) is 2.29. The Morgan fingerprint density at radius 2 is 1.73 bits per heavy atom. The summed E-state index contributed by atoms with van der Waals surface area (Å²) in [6.45, 7) is 4.02. The summed E-state index contributed by atoms with van der Waals surface area (Å²) >= 11 is 4.66. The van der Waals surface area contributed by atoms with E-state index in [4.69, 9.17) is 0 Å². The molecule has 0 bridgehead atoms. The van der Waals surface area contributed by atoms with Crippen molar-refractivity contribution in [1.82, 2.24) is 10.0 Å². The highest BCUT2D eigenvalue weighted by atomic mass is 79.9. The van der Waals surface area contributed by atoms with Crippen LogP contribution < -0.4 is 10.0 Å². The Morgan fingerprint density at radius 3 is 2.41 bits per heavy atom. The fourth-order valence-electron chi connectivity index (χ4n) is 1.73. The molecule has 0 aliphatic carbocycles. The number of hydrogen-bond acceptors (Lipinski definition) is 3. The largest absolute Gasteiger partial charge is 0.331 e. The number of hydrogen-bond donors (Lipinski definition) is 2. The van der Waals surface area contributed by atoms with E-state index in [0.717, 1.165) is 26.9 Å². The van der Waals surface area contributed by atoms with Crippen LogP contribution in [0.25, 0.3) is 0 Å². The van der Waals surface area contributed by atoms with Crippen LogP contribution >= 0.6 is 27.9 Å². The summed E-state index contributed by atoms with van der Waals surface area (Å²) in [5.41, 5.74) is 2.72. The van der Waals surface area contributed by atoms with Crippen LogP contribution in [0.5, 0.6) is 0 Å². The van der Waals surface area contributed by atoms with Crippen molar-refractivity contribution in [2.75, 3.05) is 0 Å². The molecule has 0 aliphatic heterocycles. The third-order valence-electron chi connectivity index (χ3n) is 3.14. The van der Waals surface area contributed by atoms with E-state index in [0.29, 0.717) is 5.56 Å². The Morgan fingerprint density at radius 1 is 1.05 bits per heavy atom. The first-order chi connectivity index (χ1) is 10.5. The maximum absolute atomic E-state index is 11.8. The lowest BCUT2D eigenvalue weighted by molar-refractivity contribution is 0.0965. The number of nitrogens with one attached hydrogen (secondary N) is 2. The zero-order chi connectivity index (χ0) is 16.1. The quantitative estimate of drug-likeness (QED) is 0.786. The molecule has 22 heavy (non-hydrogen) atoms. The summed E-state index contributed by atoms with van der Waals surface area (Å²) in [4.78, 5) is 24.5. The van der Waals surface area contributed by atoms with Gasteiger partial charge in [0.2, 0.25) is 0 Å². The van der Waals surface area contributed by atoms with Crippen molar-refractivity contribution in [3.63, 3.8) is 0 Å². The molecule has 0 saturated heterocycles. The second-order valence-electron chi connectivity index (χ2n) is 4.67. The second kappa shape index (κ2) is 7.47. The fraction of sp³-hybridized carbons (Fsp3) is 0.125. The molecule has 2 aromatic rings. The standard InChI is InChI=1S/C16H15BrN2O2S/c1-10-8-9-13(14(17)11(10)2)22-19-16(21)18-15(20)12-6-4-3-5-7-12/h3-9H,1-2H3,(H2,18,19,20,21). The van der Waals surface area contributed by atoms with Gasteiger partial charge < -0.3 is 0 Å². The third-order valence-corrected chi connectivity index (χ3v) is 5.27. The Kier molecular flexibility index (Phi) is 5.63. The van der Waals surface area contributed by atoms with Crippen LogP contribution in [0.4, 0.5) is 4.79 Å². The topological polar surface area (TPSA) is 58.2 Å². The molecule has 2 N–H and O–H groups in total. The molecule has 0 fully saturated rings. The van der Waals surface area contributed by atoms with Crippen molar-refractivity contribution in [1.29, 1.82) is 0 Å². The van der Waals surface area contributed by atoms with Gasteiger partial charge in [0.25, 0.3) is 5.91 Å². The first-order valence-electron chi connectivity index (χ1n) is 6.58. The predicted octanol–water partition coefficient (Wildman–Crippen LogP) is 4.21. The van der Waals surface area contributed by atoms with Gasteiger partial charge in [0.1, 0.15) is 0 Å². The van der Waals surface area contributed by atoms with E-state index in [2.05, 4.69) is 26.0 Å². The molecule has 0 spiro atoms. The maximum Gasteiger partial charge on any atom is 0.331 e. The van der Waals surface area contributed by atoms with Crippen LogP contribution in [0, 0.1) is 13.8 Å². The van der Waals surface area contributed by atoms with E-state index in [1.54, 1.807) is 24.3 Å². The maximum atomic E-state index is 11.8. The second-order valence-corrected chi connectivity index (χ2v) is 6.31. The molecule has 114 valence electrons. The minimum absolute atomic E-state index is 0.433. The number of halogens is 1. The number of carbonyl (C=O) groups excluding carboxylic acids is 2. The van der Waals surface area contributed by atoms with Crippen molar-refractivity contribution in [3.05, 3.63) is 63.6 Å². The smallest absolute Gasteiger partial charge is 0.277 e. The highest BCUT2D eigenvalue weighted by Crippen LogP contribution is 2.30. The lowest BCUT2D eigenvalue weighted by Gasteiger charge is -2.10. The number of aryl methyl sites for hydroxylation is 1. The normalized spacial score (nSPS) is 10.1. The van der Waals surface area contributed by atoms with Crippen molar-refractivity contribution in [3.8, 4) is 0 Å². The zero-order valence-corrected chi connectivity index (χ0v) is 14.5. The summed E-state index contributed by atoms with van der Waals surface area (Å²) in [6.07, 6.45) is 0. The van der Waals surface area contributed by atoms with Gasteiger partial charge in [-0.25, -0.2) is 4.79 Å². The van der Waals surface area contributed by atoms with E-state index >= 15 is 0 Å². The highest BCUT2D eigenvalue weighted by Gasteiger charge is 2.11. The van der Waals surface area contributed by atoms with Crippen LogP contribution in [-0.4, -0.2) is 11.9 Å². The summed E-state index contributed by atoms with van der Waals surface area (Å²) < 4.78 is 3.54. The zero-order valence-electron chi connectivity index (χ0n) is 12.1. The van der Waals surface area contributed by atoms with Crippen molar-refractivity contribution in [2.45, 2.75) is 18.7 Å². The SMILES string of the molecule is Cc1ccc(SNC(=O)NC(=O)c2ccccc2)c(Br)c1C. The Balaban J connectivity index is 1.94. The molecule has 0 unspecified atom stereocenters. The van der Waals surface area contributed by atoms with Gasteiger partial charge in [0, 0.05) is 14.9 Å². The molecule has 2 aromatic carbocycles. The summed E-state index contributed by atoms with van der Waals surface area (Å²) in [6, 6.07) is 11.9. The van der Waals surface area contributed by atoms with Crippen LogP contribution in [0.2, 0.25) is 0 Å². The van der Waals surface area contributed by atoms with E-state index < -0.39 is 11.9 Å². The fourth-order valence-corrected chi connectivity index (χ4v) is 3.05. The molecular formula is C16H15BrN2O2S. The average molecular weight is 379 g/mol. The van der Waals surface area contributed by atoms with E-state index in [1.165, 1.54) is 5.56 Å². The lowest BCUT2D eigenvalue weighted by atomic mass is 10.1. The molecular weight excluding hydrogens is 364 g/mol. The van der Waals surface area contributed by atoms with Crippen molar-refractivity contribution in [2.24, 2.45) is 0 Å². The minimum Gasteiger partial charge on any atom is -0.277 e. The molecule has 0 heterocycles. The highest BCUT2D eigenvalue weighted by molar-refractivity contribution is 9.10. The van der Waals surface area contributed by atoms with Crippen LogP contribution in [0.1, 0.15) is 21.5 Å². The molecule has 3 amide bonds. The number of rotatable bonds is 3. The number of benzene rings is 2. The van der Waals surface area contributed by atoms with Gasteiger partial charge in [0.05, 0.1) is 0 Å². The number of imide groups is 1. The first-order valence-corrected chi connectivity index (χ1v) is 8.19. The van der Waals surface area contributed by atoms with Crippen LogP contribution in [-0.2, 0) is 0 Å². The minimum atomic E-state index is -0.552. The van der Waals surface area contributed by atoms with E-state index in [9.17, 15) is 9.59 Å². The summed E-state index contributed by atoms with van der Waals surface area (Å²) in [7, 11) is 0.